The number of carbonyl (C=O) groups excluding carboxylic acids is 3. The molecule has 0 spiro atoms. The molecule has 39 heavy (non-hydrogen) atoms. The molecule has 1 atom stereocenters. The highest BCUT2D eigenvalue weighted by Gasteiger charge is 2.49. The summed E-state index contributed by atoms with van der Waals surface area (Å²) in [5.74, 6) is -0.812. The lowest BCUT2D eigenvalue weighted by Gasteiger charge is -2.11. The molecule has 1 saturated carbocycles. The number of β-amino-alcohol motifs (C(OH)–C–C–N with tert-alkyl or cyclic N) is 1. The van der Waals surface area contributed by atoms with Crippen molar-refractivity contribution in [1.29, 1.82) is 0 Å². The topological polar surface area (TPSA) is 126 Å². The highest BCUT2D eigenvalue weighted by atomic mass is 32.1. The van der Waals surface area contributed by atoms with Gasteiger partial charge in [-0.25, -0.2) is 9.37 Å². The molecule has 2 amide bonds. The summed E-state index contributed by atoms with van der Waals surface area (Å²) < 4.78 is 12.1. The second kappa shape index (κ2) is 18.6. The van der Waals surface area contributed by atoms with Gasteiger partial charge in [0.1, 0.15) is 6.29 Å². The smallest absolute Gasteiger partial charge is 0.255 e. The molecule has 4 N–H and O–H groups in total. The molecule has 2 fully saturated rings. The number of thiazole rings is 1. The first-order valence-electron chi connectivity index (χ1n) is 13.3. The van der Waals surface area contributed by atoms with Gasteiger partial charge < -0.3 is 25.9 Å². The zero-order valence-corrected chi connectivity index (χ0v) is 25.3. The Labute approximate surface area is 237 Å². The average molecular weight is 567 g/mol. The molecule has 1 aliphatic heterocycles. The molecule has 1 unspecified atom stereocenters. The van der Waals surface area contributed by atoms with Gasteiger partial charge in [-0.3, -0.25) is 9.59 Å². The maximum Gasteiger partial charge on any atom is 0.255 e. The Morgan fingerprint density at radius 2 is 1.85 bits per heavy atom. The van der Waals surface area contributed by atoms with Crippen LogP contribution in [0.1, 0.15) is 71.6 Å². The summed E-state index contributed by atoms with van der Waals surface area (Å²) in [6, 6.07) is 8.15. The molecule has 2 aliphatic rings. The van der Waals surface area contributed by atoms with E-state index in [2.05, 4.69) is 33.1 Å². The lowest BCUT2D eigenvalue weighted by atomic mass is 9.93. The Kier molecular flexibility index (Phi) is 17.3. The lowest BCUT2D eigenvalue weighted by molar-refractivity contribution is -0.124. The number of alkyl halides is 1. The molecular formula is C29H47FN4O4S. The summed E-state index contributed by atoms with van der Waals surface area (Å²) in [4.78, 5) is 37.5. The number of aryl methyl sites for hydroxylation is 1. The lowest BCUT2D eigenvalue weighted by Crippen LogP contribution is -2.25. The van der Waals surface area contributed by atoms with Gasteiger partial charge in [-0.05, 0) is 49.8 Å². The zero-order chi connectivity index (χ0) is 30.1. The van der Waals surface area contributed by atoms with Crippen LogP contribution in [0.15, 0.2) is 29.8 Å². The SMILES string of the molecule is CC.CC(C)(C)CC=O.CN1CCC(O)C1.Cc1ncsc1-c1ccc(CNC=O)cc1.NC(=O)C1(F)CC1. The highest BCUT2D eigenvalue weighted by molar-refractivity contribution is 7.13. The van der Waals surface area contributed by atoms with Gasteiger partial charge in [-0.2, -0.15) is 0 Å². The van der Waals surface area contributed by atoms with Crippen molar-refractivity contribution in [2.24, 2.45) is 11.1 Å². The van der Waals surface area contributed by atoms with E-state index in [0.717, 1.165) is 37.1 Å². The number of primary amides is 1. The van der Waals surface area contributed by atoms with Crippen LogP contribution >= 0.6 is 11.3 Å². The van der Waals surface area contributed by atoms with Gasteiger partial charge in [-0.1, -0.05) is 58.9 Å². The van der Waals surface area contributed by atoms with Crippen LogP contribution in [0.5, 0.6) is 0 Å². The third kappa shape index (κ3) is 16.1. The maximum atomic E-state index is 12.1. The van der Waals surface area contributed by atoms with Crippen LogP contribution in [-0.2, 0) is 20.9 Å². The quantitative estimate of drug-likeness (QED) is 0.437. The number of benzene rings is 1. The number of aldehydes is 1. The molecule has 2 aromatic rings. The molecule has 2 heterocycles. The van der Waals surface area contributed by atoms with Gasteiger partial charge in [0.15, 0.2) is 5.67 Å². The Bertz CT molecular complexity index is 964. The van der Waals surface area contributed by atoms with Crippen LogP contribution in [0.25, 0.3) is 10.4 Å². The van der Waals surface area contributed by atoms with Gasteiger partial charge >= 0.3 is 0 Å². The van der Waals surface area contributed by atoms with Crippen molar-refractivity contribution in [3.63, 3.8) is 0 Å². The minimum absolute atomic E-state index is 0.0509. The van der Waals surface area contributed by atoms with Crippen molar-refractivity contribution in [3.8, 4) is 10.4 Å². The van der Waals surface area contributed by atoms with Crippen LogP contribution in [0.3, 0.4) is 0 Å². The Balaban J connectivity index is 0.000000529. The van der Waals surface area contributed by atoms with Crippen molar-refractivity contribution >= 4 is 29.9 Å². The molecule has 0 bridgehead atoms. The number of hydrogen-bond donors (Lipinski definition) is 3. The number of aliphatic hydroxyl groups excluding tert-OH is 1. The molecule has 8 nitrogen and oxygen atoms in total. The number of aromatic nitrogens is 1. The number of halogens is 1. The van der Waals surface area contributed by atoms with Crippen LogP contribution < -0.4 is 11.1 Å². The molecule has 0 radical (unpaired) electrons. The Hall–Kier alpha value is -2.69. The van der Waals surface area contributed by atoms with Crippen LogP contribution in [0.4, 0.5) is 4.39 Å². The van der Waals surface area contributed by atoms with E-state index in [4.69, 9.17) is 5.11 Å². The molecule has 10 heteroatoms. The fraction of sp³-hybridized carbons (Fsp3) is 0.586. The molecule has 220 valence electrons. The summed E-state index contributed by atoms with van der Waals surface area (Å²) in [7, 11) is 2.02. The van der Waals surface area contributed by atoms with Crippen molar-refractivity contribution in [2.75, 3.05) is 20.1 Å². The first-order chi connectivity index (χ1) is 18.3. The summed E-state index contributed by atoms with van der Waals surface area (Å²) in [5.41, 5.74) is 8.37. The van der Waals surface area contributed by atoms with Gasteiger partial charge in [-0.15, -0.1) is 11.3 Å². The summed E-state index contributed by atoms with van der Waals surface area (Å²) in [6.45, 7) is 14.6. The van der Waals surface area contributed by atoms with E-state index in [9.17, 15) is 18.8 Å². The van der Waals surface area contributed by atoms with E-state index in [-0.39, 0.29) is 11.5 Å². The van der Waals surface area contributed by atoms with Crippen molar-refractivity contribution in [1.82, 2.24) is 15.2 Å². The Morgan fingerprint density at radius 3 is 2.10 bits per heavy atom. The number of nitrogens with one attached hydrogen (secondary N) is 1. The maximum absolute atomic E-state index is 12.1. The molecule has 1 saturated heterocycles. The number of likely N-dealkylation sites (tertiary alicyclic amines) is 1. The number of aliphatic hydroxyl groups is 1. The summed E-state index contributed by atoms with van der Waals surface area (Å²) in [6.07, 6.45) is 3.88. The second-order valence-electron chi connectivity index (χ2n) is 10.4. The monoisotopic (exact) mass is 566 g/mol. The van der Waals surface area contributed by atoms with E-state index >= 15 is 0 Å². The average Bonchev–Trinajstić information content (AvgIpc) is 3.32. The van der Waals surface area contributed by atoms with Crippen LogP contribution in [-0.4, -0.2) is 65.5 Å². The molecule has 1 aromatic carbocycles. The minimum atomic E-state index is -1.61. The van der Waals surface area contributed by atoms with Crippen LogP contribution in [0, 0.1) is 12.3 Å². The summed E-state index contributed by atoms with van der Waals surface area (Å²) >= 11 is 1.64. The fourth-order valence-electron chi connectivity index (χ4n) is 3.03. The number of nitrogens with zero attached hydrogens (tertiary/aromatic N) is 2. The van der Waals surface area contributed by atoms with Crippen LogP contribution in [0.2, 0.25) is 0 Å². The summed E-state index contributed by atoms with van der Waals surface area (Å²) in [5, 5.41) is 11.5. The number of rotatable bonds is 6. The largest absolute Gasteiger partial charge is 0.392 e. The molecule has 1 aliphatic carbocycles. The van der Waals surface area contributed by atoms with Gasteiger partial charge in [0.25, 0.3) is 5.91 Å². The first kappa shape index (κ1) is 36.3. The third-order valence-corrected chi connectivity index (χ3v) is 6.52. The zero-order valence-electron chi connectivity index (χ0n) is 24.5. The predicted octanol–water partition coefficient (Wildman–Crippen LogP) is 4.67. The normalized spacial score (nSPS) is 16.8. The standard InChI is InChI=1S/C12H12N2OS.C6H12O.C5H11NO.C4H6FNO.C2H6/c1-9-12(16-8-14-9)11-4-2-10(3-5-11)6-13-7-15;1-6(2,3)4-5-7;1-6-3-2-5(7)4-6;5-4(1-2-4)3(6)7;1-2/h2-5,7-8H,6H2,1H3,(H,13,15);5H,4H2,1-3H3;5,7H,2-4H2,1H3;1-2H2,(H2,6,7);1-2H3. The van der Waals surface area contributed by atoms with Crippen molar-refractivity contribution in [2.45, 2.75) is 85.5 Å². The predicted molar refractivity (Wildman–Crippen MR) is 157 cm³/mol. The number of hydrogen-bond acceptors (Lipinski definition) is 7. The van der Waals surface area contributed by atoms with E-state index in [1.54, 1.807) is 11.3 Å². The van der Waals surface area contributed by atoms with E-state index in [1.165, 1.54) is 10.4 Å². The number of nitrogens with two attached hydrogens (primary N) is 1. The number of amides is 2. The van der Waals surface area contributed by atoms with Gasteiger partial charge in [0.2, 0.25) is 6.41 Å². The number of carbonyl (C=O) groups is 3. The van der Waals surface area contributed by atoms with Crippen molar-refractivity contribution < 1.29 is 23.9 Å². The molecule has 4 rings (SSSR count). The van der Waals surface area contributed by atoms with Crippen molar-refractivity contribution in [3.05, 3.63) is 41.0 Å². The second-order valence-corrected chi connectivity index (χ2v) is 11.3. The van der Waals surface area contributed by atoms with E-state index in [0.29, 0.717) is 32.2 Å². The van der Waals surface area contributed by atoms with E-state index < -0.39 is 11.6 Å². The molecular weight excluding hydrogens is 519 g/mol. The third-order valence-electron chi connectivity index (χ3n) is 5.54. The van der Waals surface area contributed by atoms with Gasteiger partial charge in [0, 0.05) is 26.1 Å². The molecule has 1 aromatic heterocycles. The first-order valence-corrected chi connectivity index (χ1v) is 14.1. The highest BCUT2D eigenvalue weighted by Crippen LogP contribution is 2.38. The van der Waals surface area contributed by atoms with Gasteiger partial charge in [0.05, 0.1) is 22.2 Å². The fourth-order valence-corrected chi connectivity index (χ4v) is 3.84. The Morgan fingerprint density at radius 1 is 1.26 bits per heavy atom. The van der Waals surface area contributed by atoms with E-state index in [1.807, 2.05) is 66.2 Å². The number of likely N-dealkylation sites (N-methyl/N-ethyl adjacent to an activating group) is 1. The minimum Gasteiger partial charge on any atom is -0.392 e.